The van der Waals surface area contributed by atoms with Crippen LogP contribution in [0.3, 0.4) is 0 Å². The van der Waals surface area contributed by atoms with E-state index in [4.69, 9.17) is 0 Å². The number of halogens is 3. The Hall–Kier alpha value is -0.541. The summed E-state index contributed by atoms with van der Waals surface area (Å²) in [4.78, 5) is 3.47. The molecule has 0 aromatic carbocycles. The molecule has 0 spiro atoms. The molecule has 1 nitrogen and oxygen atoms in total. The summed E-state index contributed by atoms with van der Waals surface area (Å²) in [7, 11) is 0. The van der Waals surface area contributed by atoms with Crippen molar-refractivity contribution in [2.24, 2.45) is 0 Å². The molecule has 0 bridgehead atoms. The van der Waals surface area contributed by atoms with E-state index in [1.165, 1.54) is 12.3 Å². The standard InChI is InChI=1S/C6H3F3NSe/c7-6(8,9)4-2-1-3-10-5(4)11/h1-3H. The van der Waals surface area contributed by atoms with Crippen molar-refractivity contribution in [3.63, 3.8) is 0 Å². The quantitative estimate of drug-likeness (QED) is 0.597. The average molecular weight is 225 g/mol. The van der Waals surface area contributed by atoms with Gasteiger partial charge in [-0.1, -0.05) is 0 Å². The monoisotopic (exact) mass is 226 g/mol. The second-order valence-corrected chi connectivity index (χ2v) is 2.67. The fourth-order valence-corrected chi connectivity index (χ4v) is 1.12. The van der Waals surface area contributed by atoms with Crippen LogP contribution in [0.15, 0.2) is 18.3 Å². The number of pyridine rings is 1. The van der Waals surface area contributed by atoms with E-state index < -0.39 is 11.7 Å². The summed E-state index contributed by atoms with van der Waals surface area (Å²) in [6, 6.07) is 2.24. The van der Waals surface area contributed by atoms with Crippen molar-refractivity contribution in [2.45, 2.75) is 6.18 Å². The van der Waals surface area contributed by atoms with Crippen LogP contribution in [-0.2, 0) is 6.18 Å². The first-order chi connectivity index (χ1) is 5.02. The van der Waals surface area contributed by atoms with Crippen molar-refractivity contribution in [3.8, 4) is 0 Å². The SMILES string of the molecule is FC(F)(F)c1cccnc1[Se]. The van der Waals surface area contributed by atoms with Gasteiger partial charge in [0.1, 0.15) is 0 Å². The molecular weight excluding hydrogens is 222 g/mol. The summed E-state index contributed by atoms with van der Waals surface area (Å²) < 4.78 is 35.9. The van der Waals surface area contributed by atoms with Gasteiger partial charge in [0, 0.05) is 0 Å². The van der Waals surface area contributed by atoms with Gasteiger partial charge >= 0.3 is 68.8 Å². The van der Waals surface area contributed by atoms with Crippen LogP contribution in [0.2, 0.25) is 0 Å². The molecule has 0 amide bonds. The molecular formula is C6H3F3NSe. The van der Waals surface area contributed by atoms with Gasteiger partial charge in [0.2, 0.25) is 0 Å². The minimum absolute atomic E-state index is 0.111. The maximum atomic E-state index is 12.0. The van der Waals surface area contributed by atoms with Gasteiger partial charge in [0.25, 0.3) is 0 Å². The number of alkyl halides is 3. The summed E-state index contributed by atoms with van der Waals surface area (Å²) in [6.07, 6.45) is -3.00. The Balaban J connectivity index is 3.14. The van der Waals surface area contributed by atoms with Gasteiger partial charge in [0.15, 0.2) is 0 Å². The number of rotatable bonds is 0. The molecule has 0 aliphatic carbocycles. The fourth-order valence-electron chi connectivity index (χ4n) is 0.607. The molecule has 1 heterocycles. The van der Waals surface area contributed by atoms with Crippen molar-refractivity contribution in [2.75, 3.05) is 0 Å². The Morgan fingerprint density at radius 2 is 2.00 bits per heavy atom. The molecule has 5 heteroatoms. The van der Waals surface area contributed by atoms with Crippen molar-refractivity contribution in [1.29, 1.82) is 0 Å². The van der Waals surface area contributed by atoms with Gasteiger partial charge in [-0.2, -0.15) is 0 Å². The topological polar surface area (TPSA) is 12.9 Å². The first kappa shape index (κ1) is 8.56. The minimum atomic E-state index is -4.31. The zero-order valence-electron chi connectivity index (χ0n) is 5.22. The maximum absolute atomic E-state index is 12.0. The summed E-state index contributed by atoms with van der Waals surface area (Å²) in [5.41, 5.74) is -0.722. The Bertz CT molecular complexity index is 258. The van der Waals surface area contributed by atoms with E-state index in [9.17, 15) is 13.2 Å². The normalized spacial score (nSPS) is 11.5. The van der Waals surface area contributed by atoms with E-state index in [1.807, 2.05) is 0 Å². The van der Waals surface area contributed by atoms with Crippen molar-refractivity contribution < 1.29 is 13.2 Å². The second-order valence-electron chi connectivity index (χ2n) is 1.85. The number of hydrogen-bond acceptors (Lipinski definition) is 1. The molecule has 11 heavy (non-hydrogen) atoms. The van der Waals surface area contributed by atoms with Gasteiger partial charge in [-0.15, -0.1) is 0 Å². The first-order valence-corrected chi connectivity index (χ1v) is 3.56. The van der Waals surface area contributed by atoms with Crippen LogP contribution in [0.1, 0.15) is 5.56 Å². The van der Waals surface area contributed by atoms with Crippen LogP contribution in [0.5, 0.6) is 0 Å². The molecule has 0 saturated carbocycles. The third-order valence-electron chi connectivity index (χ3n) is 1.08. The number of nitrogens with zero attached hydrogens (tertiary/aromatic N) is 1. The molecule has 0 saturated heterocycles. The predicted molar refractivity (Wildman–Crippen MR) is 34.6 cm³/mol. The van der Waals surface area contributed by atoms with Crippen molar-refractivity contribution >= 4 is 20.6 Å². The molecule has 0 aliphatic rings. The molecule has 1 aromatic heterocycles. The van der Waals surface area contributed by atoms with E-state index in [1.54, 1.807) is 0 Å². The Morgan fingerprint density at radius 1 is 1.36 bits per heavy atom. The van der Waals surface area contributed by atoms with Crippen LogP contribution in [0, 0.1) is 0 Å². The zero-order chi connectivity index (χ0) is 8.48. The number of hydrogen-bond donors (Lipinski definition) is 0. The fraction of sp³-hybridized carbons (Fsp3) is 0.167. The van der Waals surface area contributed by atoms with Gasteiger partial charge in [-0.25, -0.2) is 0 Å². The molecule has 0 atom stereocenters. The van der Waals surface area contributed by atoms with Crippen LogP contribution in [0.25, 0.3) is 0 Å². The zero-order valence-corrected chi connectivity index (χ0v) is 6.93. The molecule has 59 valence electrons. The average Bonchev–Trinajstić information content (AvgIpc) is 1.86. The predicted octanol–water partition coefficient (Wildman–Crippen LogP) is 0.894. The summed E-state index contributed by atoms with van der Waals surface area (Å²) >= 11 is 2.25. The van der Waals surface area contributed by atoms with Crippen molar-refractivity contribution in [3.05, 3.63) is 23.9 Å². The number of aromatic nitrogens is 1. The van der Waals surface area contributed by atoms with E-state index in [0.717, 1.165) is 6.07 Å². The van der Waals surface area contributed by atoms with Crippen LogP contribution in [0.4, 0.5) is 13.2 Å². The van der Waals surface area contributed by atoms with Gasteiger partial charge in [0.05, 0.1) is 0 Å². The second kappa shape index (κ2) is 2.83. The molecule has 0 N–H and O–H groups in total. The van der Waals surface area contributed by atoms with Crippen LogP contribution < -0.4 is 4.59 Å². The third-order valence-corrected chi connectivity index (χ3v) is 1.76. The Kier molecular flexibility index (Phi) is 2.20. The third kappa shape index (κ3) is 1.94. The van der Waals surface area contributed by atoms with Gasteiger partial charge in [-0.3, -0.25) is 0 Å². The van der Waals surface area contributed by atoms with Gasteiger partial charge in [-0.05, 0) is 0 Å². The molecule has 0 fully saturated rings. The Labute approximate surface area is 69.4 Å². The van der Waals surface area contributed by atoms with E-state index >= 15 is 0 Å². The molecule has 1 aromatic rings. The van der Waals surface area contributed by atoms with E-state index in [0.29, 0.717) is 0 Å². The van der Waals surface area contributed by atoms with E-state index in [-0.39, 0.29) is 4.59 Å². The Morgan fingerprint density at radius 3 is 2.36 bits per heavy atom. The summed E-state index contributed by atoms with van der Waals surface area (Å²) in [5, 5.41) is 0. The summed E-state index contributed by atoms with van der Waals surface area (Å²) in [5.74, 6) is 0. The van der Waals surface area contributed by atoms with Crippen LogP contribution >= 0.6 is 0 Å². The summed E-state index contributed by atoms with van der Waals surface area (Å²) in [6.45, 7) is 0. The molecule has 0 unspecified atom stereocenters. The molecule has 1 rings (SSSR count). The van der Waals surface area contributed by atoms with Crippen molar-refractivity contribution in [1.82, 2.24) is 4.98 Å². The molecule has 1 radical (unpaired) electrons. The van der Waals surface area contributed by atoms with E-state index in [2.05, 4.69) is 21.0 Å². The van der Waals surface area contributed by atoms with Gasteiger partial charge < -0.3 is 0 Å². The first-order valence-electron chi connectivity index (χ1n) is 2.71. The molecule has 0 aliphatic heterocycles. The van der Waals surface area contributed by atoms with Crippen LogP contribution in [-0.4, -0.2) is 21.0 Å².